The molecule has 1 fully saturated rings. The zero-order valence-electron chi connectivity index (χ0n) is 9.90. The zero-order valence-corrected chi connectivity index (χ0v) is 11.5. The standard InChI is InChI=1S/C12H15BrFN3O/c13-8-12(18)17-5-3-16(4-6-17)11-2-1-9(15)7-10(11)14/h1-2,7H,3-6,8,15H2. The first-order valence-corrected chi connectivity index (χ1v) is 6.87. The minimum Gasteiger partial charge on any atom is -0.399 e. The number of hydrogen-bond donors (Lipinski definition) is 1. The number of piperazine rings is 1. The second-order valence-corrected chi connectivity index (χ2v) is 4.77. The monoisotopic (exact) mass is 315 g/mol. The number of carbonyl (C=O) groups is 1. The van der Waals surface area contributed by atoms with Gasteiger partial charge < -0.3 is 15.5 Å². The van der Waals surface area contributed by atoms with Gasteiger partial charge in [-0.2, -0.15) is 0 Å². The Morgan fingerprint density at radius 3 is 2.56 bits per heavy atom. The number of carbonyl (C=O) groups excluding carboxylic acids is 1. The fraction of sp³-hybridized carbons (Fsp3) is 0.417. The molecular weight excluding hydrogens is 301 g/mol. The molecule has 1 aromatic carbocycles. The van der Waals surface area contributed by atoms with E-state index in [9.17, 15) is 9.18 Å². The molecule has 2 rings (SSSR count). The minimum absolute atomic E-state index is 0.0763. The van der Waals surface area contributed by atoms with E-state index in [1.54, 1.807) is 17.0 Å². The second kappa shape index (κ2) is 5.56. The van der Waals surface area contributed by atoms with E-state index in [-0.39, 0.29) is 11.7 Å². The summed E-state index contributed by atoms with van der Waals surface area (Å²) in [6.45, 7) is 2.52. The van der Waals surface area contributed by atoms with Gasteiger partial charge in [-0.3, -0.25) is 4.79 Å². The average molecular weight is 316 g/mol. The van der Waals surface area contributed by atoms with Gasteiger partial charge >= 0.3 is 0 Å². The van der Waals surface area contributed by atoms with Crippen LogP contribution in [0.15, 0.2) is 18.2 Å². The van der Waals surface area contributed by atoms with Crippen molar-refractivity contribution < 1.29 is 9.18 Å². The molecular formula is C12H15BrFN3O. The van der Waals surface area contributed by atoms with Gasteiger partial charge in [-0.05, 0) is 18.2 Å². The topological polar surface area (TPSA) is 49.6 Å². The Hall–Kier alpha value is -1.30. The maximum Gasteiger partial charge on any atom is 0.233 e. The van der Waals surface area contributed by atoms with E-state index in [4.69, 9.17) is 5.73 Å². The fourth-order valence-electron chi connectivity index (χ4n) is 2.06. The summed E-state index contributed by atoms with van der Waals surface area (Å²) in [5.74, 6) is -0.234. The van der Waals surface area contributed by atoms with Crippen LogP contribution in [0.2, 0.25) is 0 Å². The van der Waals surface area contributed by atoms with E-state index >= 15 is 0 Å². The van der Waals surface area contributed by atoms with E-state index in [2.05, 4.69) is 15.9 Å². The molecule has 0 aliphatic carbocycles. The molecule has 1 heterocycles. The number of nitrogen functional groups attached to an aromatic ring is 1. The first-order valence-electron chi connectivity index (χ1n) is 5.75. The van der Waals surface area contributed by atoms with E-state index in [1.807, 2.05) is 4.90 Å². The molecule has 18 heavy (non-hydrogen) atoms. The van der Waals surface area contributed by atoms with Crippen molar-refractivity contribution in [3.05, 3.63) is 24.0 Å². The van der Waals surface area contributed by atoms with Crippen LogP contribution in [0.5, 0.6) is 0 Å². The number of hydrogen-bond acceptors (Lipinski definition) is 3. The maximum atomic E-state index is 13.7. The highest BCUT2D eigenvalue weighted by atomic mass is 79.9. The molecule has 0 unspecified atom stereocenters. The third-order valence-corrected chi connectivity index (χ3v) is 3.54. The largest absolute Gasteiger partial charge is 0.399 e. The predicted molar refractivity (Wildman–Crippen MR) is 73.4 cm³/mol. The predicted octanol–water partition coefficient (Wildman–Crippen LogP) is 1.45. The van der Waals surface area contributed by atoms with Crippen molar-refractivity contribution in [2.75, 3.05) is 42.1 Å². The van der Waals surface area contributed by atoms with Gasteiger partial charge in [-0.25, -0.2) is 4.39 Å². The van der Waals surface area contributed by atoms with E-state index < -0.39 is 0 Å². The highest BCUT2D eigenvalue weighted by Gasteiger charge is 2.21. The number of nitrogens with two attached hydrogens (primary N) is 1. The zero-order chi connectivity index (χ0) is 13.1. The quantitative estimate of drug-likeness (QED) is 0.664. The Morgan fingerprint density at radius 1 is 1.33 bits per heavy atom. The Labute approximate surface area is 114 Å². The van der Waals surface area contributed by atoms with Crippen molar-refractivity contribution in [3.8, 4) is 0 Å². The van der Waals surface area contributed by atoms with Crippen molar-refractivity contribution in [1.29, 1.82) is 0 Å². The van der Waals surface area contributed by atoms with Crippen LogP contribution in [0.3, 0.4) is 0 Å². The molecule has 0 bridgehead atoms. The van der Waals surface area contributed by atoms with E-state index in [1.165, 1.54) is 6.07 Å². The number of nitrogens with zero attached hydrogens (tertiary/aromatic N) is 2. The van der Waals surface area contributed by atoms with E-state index in [0.29, 0.717) is 42.9 Å². The van der Waals surface area contributed by atoms with Crippen molar-refractivity contribution in [2.45, 2.75) is 0 Å². The molecule has 0 spiro atoms. The van der Waals surface area contributed by atoms with Crippen LogP contribution in [-0.2, 0) is 4.79 Å². The number of rotatable bonds is 2. The van der Waals surface area contributed by atoms with Gasteiger partial charge in [0.25, 0.3) is 0 Å². The molecule has 1 aliphatic heterocycles. The van der Waals surface area contributed by atoms with Crippen LogP contribution in [0.1, 0.15) is 0 Å². The molecule has 1 amide bonds. The fourth-order valence-corrected chi connectivity index (χ4v) is 2.42. The Balaban J connectivity index is 2.03. The number of alkyl halides is 1. The van der Waals surface area contributed by atoms with Crippen molar-refractivity contribution in [1.82, 2.24) is 4.90 Å². The summed E-state index contributed by atoms with van der Waals surface area (Å²) in [7, 11) is 0. The maximum absolute atomic E-state index is 13.7. The van der Waals surface area contributed by atoms with Crippen LogP contribution in [0.25, 0.3) is 0 Å². The molecule has 0 aromatic heterocycles. The molecule has 0 saturated carbocycles. The minimum atomic E-state index is -0.310. The first-order chi connectivity index (χ1) is 8.61. The molecule has 6 heteroatoms. The Morgan fingerprint density at radius 2 is 2.00 bits per heavy atom. The average Bonchev–Trinajstić information content (AvgIpc) is 2.38. The van der Waals surface area contributed by atoms with Crippen LogP contribution < -0.4 is 10.6 Å². The van der Waals surface area contributed by atoms with Gasteiger partial charge in [0.05, 0.1) is 11.0 Å². The molecule has 0 atom stereocenters. The Bertz CT molecular complexity index is 447. The lowest BCUT2D eigenvalue weighted by molar-refractivity contribution is -0.128. The summed E-state index contributed by atoms with van der Waals surface area (Å²) in [6.07, 6.45) is 0. The highest BCUT2D eigenvalue weighted by molar-refractivity contribution is 9.09. The summed E-state index contributed by atoms with van der Waals surface area (Å²) in [5.41, 5.74) is 6.49. The van der Waals surface area contributed by atoms with Gasteiger partial charge in [-0.1, -0.05) is 15.9 Å². The molecule has 4 nitrogen and oxygen atoms in total. The summed E-state index contributed by atoms with van der Waals surface area (Å²) < 4.78 is 13.7. The lowest BCUT2D eigenvalue weighted by Crippen LogP contribution is -2.49. The summed E-state index contributed by atoms with van der Waals surface area (Å²) >= 11 is 3.15. The molecule has 1 saturated heterocycles. The van der Waals surface area contributed by atoms with Crippen molar-refractivity contribution in [2.24, 2.45) is 0 Å². The van der Waals surface area contributed by atoms with Gasteiger partial charge in [0.2, 0.25) is 5.91 Å². The molecule has 2 N–H and O–H groups in total. The van der Waals surface area contributed by atoms with Crippen LogP contribution in [0.4, 0.5) is 15.8 Å². The third kappa shape index (κ3) is 2.75. The van der Waals surface area contributed by atoms with Crippen LogP contribution in [0, 0.1) is 5.82 Å². The Kier molecular flexibility index (Phi) is 4.06. The summed E-state index contributed by atoms with van der Waals surface area (Å²) in [6, 6.07) is 4.70. The number of anilines is 2. The van der Waals surface area contributed by atoms with Crippen LogP contribution in [-0.4, -0.2) is 42.3 Å². The lowest BCUT2D eigenvalue weighted by Gasteiger charge is -2.36. The normalized spacial score (nSPS) is 15.9. The molecule has 0 radical (unpaired) electrons. The second-order valence-electron chi connectivity index (χ2n) is 4.21. The first kappa shape index (κ1) is 13.1. The smallest absolute Gasteiger partial charge is 0.233 e. The van der Waals surface area contributed by atoms with Crippen molar-refractivity contribution >= 4 is 33.2 Å². The van der Waals surface area contributed by atoms with Gasteiger partial charge in [-0.15, -0.1) is 0 Å². The van der Waals surface area contributed by atoms with Gasteiger partial charge in [0.1, 0.15) is 5.82 Å². The summed E-state index contributed by atoms with van der Waals surface area (Å²) in [5, 5.41) is 0.337. The van der Waals surface area contributed by atoms with E-state index in [0.717, 1.165) is 0 Å². The highest BCUT2D eigenvalue weighted by Crippen LogP contribution is 2.22. The van der Waals surface area contributed by atoms with Gasteiger partial charge in [0, 0.05) is 31.9 Å². The lowest BCUT2D eigenvalue weighted by atomic mass is 10.2. The SMILES string of the molecule is Nc1ccc(N2CCN(C(=O)CBr)CC2)c(F)c1. The number of benzene rings is 1. The number of amides is 1. The van der Waals surface area contributed by atoms with Gasteiger partial charge in [0.15, 0.2) is 0 Å². The molecule has 1 aliphatic rings. The van der Waals surface area contributed by atoms with Crippen LogP contribution >= 0.6 is 15.9 Å². The molecule has 98 valence electrons. The number of halogens is 2. The third-order valence-electron chi connectivity index (χ3n) is 3.06. The van der Waals surface area contributed by atoms with Crippen molar-refractivity contribution in [3.63, 3.8) is 0 Å². The summed E-state index contributed by atoms with van der Waals surface area (Å²) in [4.78, 5) is 15.2. The molecule has 1 aromatic rings.